The number of carbonyl (C=O) groups excluding carboxylic acids is 1. The molecule has 0 amide bonds. The topological polar surface area (TPSA) is 81.5 Å². The second-order valence-corrected chi connectivity index (χ2v) is 1.20. The molecule has 0 aliphatic rings. The average molecular weight is 158 g/mol. The Bertz CT molecular complexity index is 76.2. The lowest BCUT2D eigenvalue weighted by Crippen LogP contribution is -2.16. The van der Waals surface area contributed by atoms with Crippen molar-refractivity contribution in [3.05, 3.63) is 0 Å². The molecule has 0 fully saturated rings. The summed E-state index contributed by atoms with van der Waals surface area (Å²) in [6.07, 6.45) is -0.995. The van der Waals surface area contributed by atoms with Crippen molar-refractivity contribution in [2.24, 2.45) is 0 Å². The lowest BCUT2D eigenvalue weighted by Gasteiger charge is -1.97. The van der Waals surface area contributed by atoms with Crippen LogP contribution in [0.15, 0.2) is 0 Å². The van der Waals surface area contributed by atoms with Gasteiger partial charge in [0.25, 0.3) is 0 Å². The fourth-order valence-corrected chi connectivity index (χ4v) is 0.171. The van der Waals surface area contributed by atoms with Crippen molar-refractivity contribution in [3.63, 3.8) is 0 Å². The number of aliphatic hydroxyl groups is 1. The molecule has 1 atom stereocenters. The Morgan fingerprint density at radius 3 is 2.00 bits per heavy atom. The summed E-state index contributed by atoms with van der Waals surface area (Å²) >= 11 is 0. The summed E-state index contributed by atoms with van der Waals surface area (Å²) < 4.78 is 4.12. The molecule has 5 heteroatoms. The van der Waals surface area contributed by atoms with Gasteiger partial charge in [-0.05, 0) is 6.92 Å². The predicted octanol–water partition coefficient (Wildman–Crippen LogP) is 0.124. The zero-order valence-electron chi connectivity index (χ0n) is 5.46. The molecule has 0 aliphatic heterocycles. The van der Waals surface area contributed by atoms with Gasteiger partial charge < -0.3 is 16.0 Å². The highest BCUT2D eigenvalue weighted by Gasteiger charge is 2.05. The van der Waals surface area contributed by atoms with Crippen LogP contribution >= 0.6 is 12.4 Å². The molecular weight excluding hydrogens is 146 g/mol. The van der Waals surface area contributed by atoms with Crippen LogP contribution in [0.25, 0.3) is 0 Å². The van der Waals surface area contributed by atoms with Gasteiger partial charge in [-0.15, -0.1) is 12.4 Å². The van der Waals surface area contributed by atoms with E-state index < -0.39 is 12.1 Å². The van der Waals surface area contributed by atoms with E-state index in [2.05, 4.69) is 4.74 Å². The van der Waals surface area contributed by atoms with E-state index in [1.165, 1.54) is 14.0 Å². The highest BCUT2D eigenvalue weighted by atomic mass is 35.5. The predicted molar refractivity (Wildman–Crippen MR) is 36.0 cm³/mol. The molecule has 0 saturated heterocycles. The van der Waals surface area contributed by atoms with Gasteiger partial charge in [-0.25, -0.2) is 4.79 Å². The minimum absolute atomic E-state index is 0. The molecule has 0 heterocycles. The third-order valence-electron chi connectivity index (χ3n) is 0.542. The first-order chi connectivity index (χ1) is 3.18. The Morgan fingerprint density at radius 1 is 1.67 bits per heavy atom. The lowest BCUT2D eigenvalue weighted by molar-refractivity contribution is -0.149. The average Bonchev–Trinajstić information content (AvgIpc) is 1.65. The minimum Gasteiger partial charge on any atom is -0.467 e. The van der Waals surface area contributed by atoms with Crippen molar-refractivity contribution in [2.45, 2.75) is 13.0 Å². The van der Waals surface area contributed by atoms with E-state index in [0.717, 1.165) is 0 Å². The number of halogens is 1. The first-order valence-electron chi connectivity index (χ1n) is 1.94. The van der Waals surface area contributed by atoms with E-state index in [9.17, 15) is 4.79 Å². The zero-order valence-corrected chi connectivity index (χ0v) is 6.27. The van der Waals surface area contributed by atoms with Gasteiger partial charge in [0.15, 0.2) is 0 Å². The van der Waals surface area contributed by atoms with E-state index in [0.29, 0.717) is 0 Å². The van der Waals surface area contributed by atoms with Gasteiger partial charge in [0, 0.05) is 0 Å². The first kappa shape index (κ1) is 15.9. The molecule has 0 bridgehead atoms. The summed E-state index contributed by atoms with van der Waals surface area (Å²) in [7, 11) is 1.23. The van der Waals surface area contributed by atoms with Gasteiger partial charge in [-0.2, -0.15) is 0 Å². The molecule has 0 radical (unpaired) electrons. The van der Waals surface area contributed by atoms with Gasteiger partial charge >= 0.3 is 5.97 Å². The maximum Gasteiger partial charge on any atom is 0.334 e. The van der Waals surface area contributed by atoms with Gasteiger partial charge in [-0.3, -0.25) is 0 Å². The van der Waals surface area contributed by atoms with Crippen LogP contribution in [-0.4, -0.2) is 24.3 Å². The van der Waals surface area contributed by atoms with Crippen LogP contribution in [0.3, 0.4) is 0 Å². The van der Waals surface area contributed by atoms with Crippen LogP contribution in [0.2, 0.25) is 0 Å². The normalized spacial score (nSPS) is 10.1. The van der Waals surface area contributed by atoms with Gasteiger partial charge in [-0.1, -0.05) is 0 Å². The van der Waals surface area contributed by atoms with Gasteiger partial charge in [0.1, 0.15) is 6.10 Å². The molecule has 1 unspecified atom stereocenters. The molecule has 0 saturated carbocycles. The van der Waals surface area contributed by atoms with Gasteiger partial charge in [0.2, 0.25) is 0 Å². The minimum atomic E-state index is -0.995. The van der Waals surface area contributed by atoms with Crippen LogP contribution < -0.4 is 6.15 Å². The standard InChI is InChI=1S/C4H8O3.ClH.H3N/c1-3(5)4(6)7-2;;/h3,5H,1-2H3;1H;1H3. The fourth-order valence-electron chi connectivity index (χ4n) is 0.171. The van der Waals surface area contributed by atoms with Crippen LogP contribution in [0.4, 0.5) is 0 Å². The monoisotopic (exact) mass is 157 g/mol. The fraction of sp³-hybridized carbons (Fsp3) is 0.750. The summed E-state index contributed by atoms with van der Waals surface area (Å²) in [6, 6.07) is 0. The maximum atomic E-state index is 10.0. The smallest absolute Gasteiger partial charge is 0.334 e. The lowest BCUT2D eigenvalue weighted by atomic mass is 10.4. The van der Waals surface area contributed by atoms with Gasteiger partial charge in [0.05, 0.1) is 7.11 Å². The number of rotatable bonds is 1. The molecule has 4 N–H and O–H groups in total. The van der Waals surface area contributed by atoms with E-state index in [-0.39, 0.29) is 18.6 Å². The summed E-state index contributed by atoms with van der Waals surface area (Å²) in [5, 5.41) is 8.35. The quantitative estimate of drug-likeness (QED) is 0.530. The molecule has 4 nitrogen and oxygen atoms in total. The number of hydrogen-bond acceptors (Lipinski definition) is 4. The van der Waals surface area contributed by atoms with E-state index in [1.807, 2.05) is 0 Å². The van der Waals surface area contributed by atoms with Crippen molar-refractivity contribution in [2.75, 3.05) is 7.11 Å². The van der Waals surface area contributed by atoms with E-state index >= 15 is 0 Å². The maximum absolute atomic E-state index is 10.0. The van der Waals surface area contributed by atoms with Crippen LogP contribution in [0, 0.1) is 0 Å². The van der Waals surface area contributed by atoms with Crippen molar-refractivity contribution in [1.82, 2.24) is 6.15 Å². The number of hydrogen-bond donors (Lipinski definition) is 2. The zero-order chi connectivity index (χ0) is 5.86. The van der Waals surface area contributed by atoms with E-state index in [4.69, 9.17) is 5.11 Å². The van der Waals surface area contributed by atoms with Crippen molar-refractivity contribution in [1.29, 1.82) is 0 Å². The highest BCUT2D eigenvalue weighted by molar-refractivity contribution is 5.85. The Kier molecular flexibility index (Phi) is 13.5. The van der Waals surface area contributed by atoms with Crippen molar-refractivity contribution >= 4 is 18.4 Å². The molecule has 0 spiro atoms. The molecular formula is C4H12ClNO3. The van der Waals surface area contributed by atoms with Crippen molar-refractivity contribution in [3.8, 4) is 0 Å². The van der Waals surface area contributed by atoms with Crippen LogP contribution in [0.1, 0.15) is 6.92 Å². The number of aliphatic hydroxyl groups excluding tert-OH is 1. The Hall–Kier alpha value is -0.320. The SMILES string of the molecule is COC(=O)C(C)O.Cl.N. The summed E-state index contributed by atoms with van der Waals surface area (Å²) in [5.41, 5.74) is 0. The molecule has 58 valence electrons. The first-order valence-corrected chi connectivity index (χ1v) is 1.94. The molecule has 0 aromatic carbocycles. The molecule has 0 aromatic heterocycles. The third-order valence-corrected chi connectivity index (χ3v) is 0.542. The number of methoxy groups -OCH3 is 1. The summed E-state index contributed by atoms with van der Waals surface area (Å²) in [5.74, 6) is -0.597. The summed E-state index contributed by atoms with van der Waals surface area (Å²) in [6.45, 7) is 1.35. The second-order valence-electron chi connectivity index (χ2n) is 1.20. The number of ether oxygens (including phenoxy) is 1. The number of carbonyl (C=O) groups is 1. The van der Waals surface area contributed by atoms with Crippen LogP contribution in [-0.2, 0) is 9.53 Å². The molecule has 0 rings (SSSR count). The number of esters is 1. The Labute approximate surface area is 60.2 Å². The molecule has 0 aliphatic carbocycles. The third kappa shape index (κ3) is 7.68. The molecule has 9 heavy (non-hydrogen) atoms. The largest absolute Gasteiger partial charge is 0.467 e. The van der Waals surface area contributed by atoms with Crippen LogP contribution in [0.5, 0.6) is 0 Å². The van der Waals surface area contributed by atoms with Crippen molar-refractivity contribution < 1.29 is 14.6 Å². The van der Waals surface area contributed by atoms with E-state index in [1.54, 1.807) is 0 Å². The Morgan fingerprint density at radius 2 is 2.00 bits per heavy atom. The molecule has 0 aromatic rings. The Balaban J connectivity index is -0.000000180. The second kappa shape index (κ2) is 7.68. The highest BCUT2D eigenvalue weighted by Crippen LogP contribution is 1.80. The summed E-state index contributed by atoms with van der Waals surface area (Å²) in [4.78, 5) is 10.0.